The first-order valence-corrected chi connectivity index (χ1v) is 6.70. The standard InChI is InChI=1S/C11H12F2N2O3S/c1-6(5-19-2)14-11(16)9-7(12)3-4-8(10(9)13)15(17)18/h3-4,6H,5H2,1-2H3,(H,14,16). The van der Waals surface area contributed by atoms with E-state index in [0.29, 0.717) is 17.9 Å². The van der Waals surface area contributed by atoms with E-state index in [1.54, 1.807) is 6.92 Å². The summed E-state index contributed by atoms with van der Waals surface area (Å²) < 4.78 is 27.2. The molecule has 5 nitrogen and oxygen atoms in total. The van der Waals surface area contributed by atoms with Gasteiger partial charge in [-0.1, -0.05) is 0 Å². The second kappa shape index (κ2) is 6.46. The maximum atomic E-state index is 13.7. The average Bonchev–Trinajstić information content (AvgIpc) is 2.28. The van der Waals surface area contributed by atoms with Crippen LogP contribution >= 0.6 is 11.8 Å². The quantitative estimate of drug-likeness (QED) is 0.667. The number of benzene rings is 1. The van der Waals surface area contributed by atoms with Crippen LogP contribution < -0.4 is 5.32 Å². The van der Waals surface area contributed by atoms with Crippen molar-refractivity contribution in [3.63, 3.8) is 0 Å². The van der Waals surface area contributed by atoms with Gasteiger partial charge in [0.2, 0.25) is 5.82 Å². The summed E-state index contributed by atoms with van der Waals surface area (Å²) in [4.78, 5) is 21.3. The predicted molar refractivity (Wildman–Crippen MR) is 68.3 cm³/mol. The van der Waals surface area contributed by atoms with Gasteiger partial charge in [0.25, 0.3) is 5.91 Å². The summed E-state index contributed by atoms with van der Waals surface area (Å²) in [7, 11) is 0. The number of nitro benzene ring substituents is 1. The first-order valence-electron chi connectivity index (χ1n) is 5.30. The Hall–Kier alpha value is -1.70. The van der Waals surface area contributed by atoms with E-state index < -0.39 is 33.7 Å². The third kappa shape index (κ3) is 3.63. The zero-order chi connectivity index (χ0) is 14.6. The molecule has 0 spiro atoms. The highest BCUT2D eigenvalue weighted by Crippen LogP contribution is 2.23. The van der Waals surface area contributed by atoms with Crippen molar-refractivity contribution < 1.29 is 18.5 Å². The zero-order valence-corrected chi connectivity index (χ0v) is 11.1. The first kappa shape index (κ1) is 15.4. The number of hydrogen-bond acceptors (Lipinski definition) is 4. The second-order valence-corrected chi connectivity index (χ2v) is 4.75. The molecule has 1 aromatic carbocycles. The van der Waals surface area contributed by atoms with Crippen LogP contribution in [0, 0.1) is 21.7 Å². The maximum Gasteiger partial charge on any atom is 0.305 e. The molecule has 1 unspecified atom stereocenters. The van der Waals surface area contributed by atoms with E-state index in [1.165, 1.54) is 11.8 Å². The molecule has 19 heavy (non-hydrogen) atoms. The minimum atomic E-state index is -1.46. The summed E-state index contributed by atoms with van der Waals surface area (Å²) in [6.07, 6.45) is 1.82. The molecule has 0 saturated heterocycles. The third-order valence-corrected chi connectivity index (χ3v) is 3.12. The van der Waals surface area contributed by atoms with Gasteiger partial charge in [-0.25, -0.2) is 4.39 Å². The van der Waals surface area contributed by atoms with Crippen molar-refractivity contribution in [2.45, 2.75) is 13.0 Å². The molecule has 0 fully saturated rings. The Bertz CT molecular complexity index is 511. The van der Waals surface area contributed by atoms with Gasteiger partial charge >= 0.3 is 5.69 Å². The number of thioether (sulfide) groups is 1. The van der Waals surface area contributed by atoms with Gasteiger partial charge in [-0.2, -0.15) is 16.2 Å². The van der Waals surface area contributed by atoms with Gasteiger partial charge < -0.3 is 5.32 Å². The molecule has 0 aliphatic heterocycles. The van der Waals surface area contributed by atoms with Gasteiger partial charge in [-0.05, 0) is 19.2 Å². The minimum absolute atomic E-state index is 0.305. The smallest absolute Gasteiger partial charge is 0.305 e. The molecule has 1 atom stereocenters. The lowest BCUT2D eigenvalue weighted by molar-refractivity contribution is -0.387. The van der Waals surface area contributed by atoms with Crippen molar-refractivity contribution >= 4 is 23.4 Å². The van der Waals surface area contributed by atoms with E-state index in [1.807, 2.05) is 6.26 Å². The Morgan fingerprint density at radius 1 is 1.53 bits per heavy atom. The highest BCUT2D eigenvalue weighted by Gasteiger charge is 2.26. The highest BCUT2D eigenvalue weighted by molar-refractivity contribution is 7.98. The van der Waals surface area contributed by atoms with Gasteiger partial charge in [-0.15, -0.1) is 0 Å². The SMILES string of the molecule is CSCC(C)NC(=O)c1c(F)ccc([N+](=O)[O-])c1F. The monoisotopic (exact) mass is 290 g/mol. The fourth-order valence-corrected chi connectivity index (χ4v) is 2.06. The number of nitrogens with zero attached hydrogens (tertiary/aromatic N) is 1. The largest absolute Gasteiger partial charge is 0.349 e. The average molecular weight is 290 g/mol. The number of carbonyl (C=O) groups is 1. The van der Waals surface area contributed by atoms with Crippen LogP contribution in [-0.4, -0.2) is 28.9 Å². The number of nitrogens with one attached hydrogen (secondary N) is 1. The Morgan fingerprint density at radius 3 is 2.68 bits per heavy atom. The Balaban J connectivity index is 3.09. The van der Waals surface area contributed by atoms with E-state index in [-0.39, 0.29) is 6.04 Å². The molecular weight excluding hydrogens is 278 g/mol. The van der Waals surface area contributed by atoms with Crippen LogP contribution in [0.15, 0.2) is 12.1 Å². The lowest BCUT2D eigenvalue weighted by Gasteiger charge is -2.13. The highest BCUT2D eigenvalue weighted by atomic mass is 32.2. The summed E-state index contributed by atoms with van der Waals surface area (Å²) in [5.41, 5.74) is -1.86. The van der Waals surface area contributed by atoms with Crippen LogP contribution in [0.25, 0.3) is 0 Å². The second-order valence-electron chi connectivity index (χ2n) is 3.84. The number of amides is 1. The van der Waals surface area contributed by atoms with Gasteiger partial charge in [0.1, 0.15) is 11.4 Å². The van der Waals surface area contributed by atoms with Crippen molar-refractivity contribution in [1.29, 1.82) is 0 Å². The lowest BCUT2D eigenvalue weighted by Crippen LogP contribution is -2.35. The van der Waals surface area contributed by atoms with Crippen molar-refractivity contribution in [3.8, 4) is 0 Å². The number of nitro groups is 1. The predicted octanol–water partition coefficient (Wildman–Crippen LogP) is 2.35. The number of carbonyl (C=O) groups excluding carboxylic acids is 1. The Labute approximate surface area is 112 Å². The summed E-state index contributed by atoms with van der Waals surface area (Å²) in [5.74, 6) is -3.03. The third-order valence-electron chi connectivity index (χ3n) is 2.29. The van der Waals surface area contributed by atoms with E-state index in [0.717, 1.165) is 0 Å². The van der Waals surface area contributed by atoms with Crippen LogP contribution in [0.5, 0.6) is 0 Å². The van der Waals surface area contributed by atoms with Gasteiger partial charge in [0, 0.05) is 17.9 Å². The summed E-state index contributed by atoms with van der Waals surface area (Å²) >= 11 is 1.45. The van der Waals surface area contributed by atoms with Gasteiger partial charge in [0.05, 0.1) is 4.92 Å². The lowest BCUT2D eigenvalue weighted by atomic mass is 10.1. The minimum Gasteiger partial charge on any atom is -0.349 e. The van der Waals surface area contributed by atoms with Crippen molar-refractivity contribution in [2.75, 3.05) is 12.0 Å². The molecule has 0 aliphatic rings. The molecule has 0 saturated carbocycles. The normalized spacial score (nSPS) is 12.0. The summed E-state index contributed by atoms with van der Waals surface area (Å²) in [5, 5.41) is 12.9. The number of halogens is 2. The fourth-order valence-electron chi connectivity index (χ4n) is 1.48. The van der Waals surface area contributed by atoms with Crippen molar-refractivity contribution in [1.82, 2.24) is 5.32 Å². The van der Waals surface area contributed by atoms with Crippen LogP contribution in [0.4, 0.5) is 14.5 Å². The molecule has 0 heterocycles. The van der Waals surface area contributed by atoms with Crippen molar-refractivity contribution in [2.24, 2.45) is 0 Å². The number of hydrogen-bond donors (Lipinski definition) is 1. The van der Waals surface area contributed by atoms with E-state index in [2.05, 4.69) is 5.32 Å². The van der Waals surface area contributed by atoms with Crippen LogP contribution in [-0.2, 0) is 0 Å². The van der Waals surface area contributed by atoms with Crippen molar-refractivity contribution in [3.05, 3.63) is 39.4 Å². The van der Waals surface area contributed by atoms with E-state index in [4.69, 9.17) is 0 Å². The van der Waals surface area contributed by atoms with Crippen LogP contribution in [0.2, 0.25) is 0 Å². The molecule has 0 aromatic heterocycles. The molecular formula is C11H12F2N2O3S. The molecule has 1 N–H and O–H groups in total. The summed E-state index contributed by atoms with van der Waals surface area (Å²) in [6.45, 7) is 1.67. The van der Waals surface area contributed by atoms with Crippen LogP contribution in [0.3, 0.4) is 0 Å². The molecule has 104 valence electrons. The molecule has 8 heteroatoms. The molecule has 1 aromatic rings. The van der Waals surface area contributed by atoms with Crippen LogP contribution in [0.1, 0.15) is 17.3 Å². The van der Waals surface area contributed by atoms with Gasteiger partial charge in [0.15, 0.2) is 0 Å². The molecule has 0 bridgehead atoms. The molecule has 1 rings (SSSR count). The molecule has 0 radical (unpaired) electrons. The zero-order valence-electron chi connectivity index (χ0n) is 10.3. The molecule has 0 aliphatic carbocycles. The summed E-state index contributed by atoms with van der Waals surface area (Å²) in [6, 6.07) is 1.09. The number of rotatable bonds is 5. The van der Waals surface area contributed by atoms with E-state index in [9.17, 15) is 23.7 Å². The Morgan fingerprint density at radius 2 is 2.16 bits per heavy atom. The van der Waals surface area contributed by atoms with Gasteiger partial charge in [-0.3, -0.25) is 14.9 Å². The maximum absolute atomic E-state index is 13.7. The Kier molecular flexibility index (Phi) is 5.22. The first-order chi connectivity index (χ1) is 8.88. The van der Waals surface area contributed by atoms with E-state index >= 15 is 0 Å². The fraction of sp³-hybridized carbons (Fsp3) is 0.364. The topological polar surface area (TPSA) is 72.2 Å². The molecule has 1 amide bonds.